The van der Waals surface area contributed by atoms with E-state index in [2.05, 4.69) is 10.6 Å². The van der Waals surface area contributed by atoms with Crippen LogP contribution < -0.4 is 22.1 Å². The Morgan fingerprint density at radius 1 is 0.600 bits per heavy atom. The molecule has 0 bridgehead atoms. The Bertz CT molecular complexity index is 1670. The summed E-state index contributed by atoms with van der Waals surface area (Å²) in [7, 11) is 0. The van der Waals surface area contributed by atoms with Crippen molar-refractivity contribution in [3.05, 3.63) is 154 Å². The Labute approximate surface area is 300 Å². The quantitative estimate of drug-likeness (QED) is 0.0800. The van der Waals surface area contributed by atoms with E-state index >= 15 is 0 Å². The minimum absolute atomic E-state index is 0.395. The third kappa shape index (κ3) is 10.8. The summed E-state index contributed by atoms with van der Waals surface area (Å²) in [5.41, 5.74) is 13.3. The summed E-state index contributed by atoms with van der Waals surface area (Å²) in [6.07, 6.45) is -1.20. The summed E-state index contributed by atoms with van der Waals surface area (Å²) in [4.78, 5) is 51.2. The van der Waals surface area contributed by atoms with Gasteiger partial charge in [-0.3, -0.25) is 21.1 Å². The highest BCUT2D eigenvalue weighted by Gasteiger charge is 2.33. The Kier molecular flexibility index (Phi) is 12.9. The van der Waals surface area contributed by atoms with Crippen LogP contribution in [-0.2, 0) is 52.6 Å². The number of esters is 2. The highest BCUT2D eigenvalue weighted by molar-refractivity contribution is 6.30. The Hall–Kier alpha value is -5.00. The normalized spacial score (nSPS) is 14.8. The Morgan fingerprint density at radius 3 is 1.24 bits per heavy atom. The maximum Gasteiger partial charge on any atom is 0.333 e. The predicted octanol–water partition coefficient (Wildman–Crippen LogP) is 5.05. The molecule has 0 radical (unpaired) electrons. The predicted molar refractivity (Wildman–Crippen MR) is 191 cm³/mol. The number of hydrogen-bond acceptors (Lipinski definition) is 8. The zero-order valence-corrected chi connectivity index (χ0v) is 29.0. The number of rotatable bonds is 14. The first-order valence-corrected chi connectivity index (χ1v) is 16.4. The number of halogens is 2. The van der Waals surface area contributed by atoms with E-state index in [9.17, 15) is 19.2 Å². The standard InChI is InChI=1S/C38H38Cl2N4O6/c1-37(23-25-9-5-3-6-10-25,27-13-17-29(39)18-14-27)43-35(47)33(41)49-31(45)21-22-32(46)50-34(42)36(48)44-38(2,24-26-11-7-4-8-12-26)28-15-19-30(40)20-16-28/h3-22,33-34H,23-24,41-42H2,1-2H3,(H,43,47)(H,44,48)/b22-21-. The van der Waals surface area contributed by atoms with Gasteiger partial charge in [0.15, 0.2) is 0 Å². The van der Waals surface area contributed by atoms with Gasteiger partial charge in [0.25, 0.3) is 11.8 Å². The van der Waals surface area contributed by atoms with Crippen molar-refractivity contribution < 1.29 is 28.7 Å². The summed E-state index contributed by atoms with van der Waals surface area (Å²) >= 11 is 12.2. The van der Waals surface area contributed by atoms with Gasteiger partial charge in [0, 0.05) is 22.2 Å². The molecule has 4 rings (SSSR count). The lowest BCUT2D eigenvalue weighted by molar-refractivity contribution is -0.153. The number of nitrogens with two attached hydrogens (primary N) is 2. The van der Waals surface area contributed by atoms with Crippen molar-refractivity contribution in [1.29, 1.82) is 0 Å². The second kappa shape index (κ2) is 17.1. The number of benzene rings is 4. The third-order valence-corrected chi connectivity index (χ3v) is 8.42. The van der Waals surface area contributed by atoms with E-state index in [4.69, 9.17) is 44.1 Å². The molecule has 0 heterocycles. The van der Waals surface area contributed by atoms with Gasteiger partial charge in [-0.25, -0.2) is 9.59 Å². The molecular formula is C38H38Cl2N4O6. The Balaban J connectivity index is 1.35. The minimum atomic E-state index is -1.71. The van der Waals surface area contributed by atoms with Crippen molar-refractivity contribution in [2.24, 2.45) is 11.5 Å². The minimum Gasteiger partial charge on any atom is -0.434 e. The van der Waals surface area contributed by atoms with E-state index in [0.717, 1.165) is 34.4 Å². The second-order valence-corrected chi connectivity index (χ2v) is 12.9. The fourth-order valence-corrected chi connectivity index (χ4v) is 5.59. The molecule has 0 fully saturated rings. The molecule has 6 N–H and O–H groups in total. The molecule has 0 saturated carbocycles. The van der Waals surface area contributed by atoms with Crippen LogP contribution in [-0.4, -0.2) is 36.2 Å². The number of ether oxygens (including phenoxy) is 2. The zero-order chi connectivity index (χ0) is 36.3. The lowest BCUT2D eigenvalue weighted by Gasteiger charge is -2.33. The molecule has 0 aliphatic carbocycles. The van der Waals surface area contributed by atoms with Crippen molar-refractivity contribution in [2.45, 2.75) is 50.2 Å². The molecule has 0 spiro atoms. The molecule has 0 aromatic heterocycles. The smallest absolute Gasteiger partial charge is 0.333 e. The molecule has 260 valence electrons. The fraction of sp³-hybridized carbons (Fsp3) is 0.211. The van der Waals surface area contributed by atoms with Crippen molar-refractivity contribution in [1.82, 2.24) is 10.6 Å². The first-order chi connectivity index (χ1) is 23.8. The third-order valence-electron chi connectivity index (χ3n) is 7.92. The van der Waals surface area contributed by atoms with E-state index < -0.39 is 47.3 Å². The van der Waals surface area contributed by atoms with E-state index in [1.807, 2.05) is 74.5 Å². The number of amides is 2. The van der Waals surface area contributed by atoms with E-state index in [0.29, 0.717) is 22.9 Å². The molecule has 0 aliphatic heterocycles. The van der Waals surface area contributed by atoms with E-state index in [-0.39, 0.29) is 0 Å². The topological polar surface area (TPSA) is 163 Å². The number of hydrogen-bond donors (Lipinski definition) is 4. The lowest BCUT2D eigenvalue weighted by Crippen LogP contribution is -2.52. The molecular weight excluding hydrogens is 679 g/mol. The van der Waals surface area contributed by atoms with Crippen LogP contribution in [0, 0.1) is 0 Å². The first-order valence-electron chi connectivity index (χ1n) is 15.6. The van der Waals surface area contributed by atoms with Crippen LogP contribution in [0.5, 0.6) is 0 Å². The SMILES string of the molecule is CC(Cc1ccccc1)(NC(=O)C(N)OC(=O)/C=C\C(=O)OC(N)C(=O)NC(C)(Cc1ccccc1)c1ccc(Cl)cc1)c1ccc(Cl)cc1. The van der Waals surface area contributed by atoms with Crippen LogP contribution in [0.4, 0.5) is 0 Å². The average Bonchev–Trinajstić information content (AvgIpc) is 3.08. The van der Waals surface area contributed by atoms with Gasteiger partial charge in [-0.15, -0.1) is 0 Å². The molecule has 4 unspecified atom stereocenters. The summed E-state index contributed by atoms with van der Waals surface area (Å²) in [5.74, 6) is -3.75. The zero-order valence-electron chi connectivity index (χ0n) is 27.5. The molecule has 4 atom stereocenters. The molecule has 4 aromatic carbocycles. The fourth-order valence-electron chi connectivity index (χ4n) is 5.34. The maximum absolute atomic E-state index is 13.1. The highest BCUT2D eigenvalue weighted by Crippen LogP contribution is 2.28. The van der Waals surface area contributed by atoms with Crippen molar-refractivity contribution in [2.75, 3.05) is 0 Å². The molecule has 0 saturated heterocycles. The lowest BCUT2D eigenvalue weighted by atomic mass is 9.85. The van der Waals surface area contributed by atoms with Crippen molar-refractivity contribution >= 4 is 47.0 Å². The average molecular weight is 718 g/mol. The molecule has 0 aliphatic rings. The van der Waals surface area contributed by atoms with Gasteiger partial charge < -0.3 is 20.1 Å². The van der Waals surface area contributed by atoms with Crippen LogP contribution in [0.3, 0.4) is 0 Å². The van der Waals surface area contributed by atoms with Gasteiger partial charge in [0.2, 0.25) is 12.5 Å². The monoisotopic (exact) mass is 716 g/mol. The van der Waals surface area contributed by atoms with E-state index in [1.54, 1.807) is 48.5 Å². The van der Waals surface area contributed by atoms with Crippen molar-refractivity contribution in [3.8, 4) is 0 Å². The van der Waals surface area contributed by atoms with Gasteiger partial charge in [0.1, 0.15) is 0 Å². The second-order valence-electron chi connectivity index (χ2n) is 12.0. The van der Waals surface area contributed by atoms with Crippen LogP contribution in [0.25, 0.3) is 0 Å². The maximum atomic E-state index is 13.1. The number of carbonyl (C=O) groups excluding carboxylic acids is 4. The largest absolute Gasteiger partial charge is 0.434 e. The molecule has 4 aromatic rings. The van der Waals surface area contributed by atoms with Crippen LogP contribution in [0.2, 0.25) is 10.0 Å². The molecule has 10 nitrogen and oxygen atoms in total. The van der Waals surface area contributed by atoms with Gasteiger partial charge in [-0.05, 0) is 73.2 Å². The highest BCUT2D eigenvalue weighted by atomic mass is 35.5. The van der Waals surface area contributed by atoms with Crippen molar-refractivity contribution in [3.63, 3.8) is 0 Å². The summed E-state index contributed by atoms with van der Waals surface area (Å²) < 4.78 is 10.1. The van der Waals surface area contributed by atoms with Gasteiger partial charge in [-0.2, -0.15) is 0 Å². The summed E-state index contributed by atoms with van der Waals surface area (Å²) in [6, 6.07) is 32.9. The summed E-state index contributed by atoms with van der Waals surface area (Å²) in [6.45, 7) is 3.62. The molecule has 12 heteroatoms. The van der Waals surface area contributed by atoms with Crippen LogP contribution in [0.1, 0.15) is 36.1 Å². The van der Waals surface area contributed by atoms with Gasteiger partial charge in [-0.1, -0.05) is 108 Å². The molecule has 50 heavy (non-hydrogen) atoms. The van der Waals surface area contributed by atoms with E-state index in [1.165, 1.54) is 0 Å². The Morgan fingerprint density at radius 2 is 0.920 bits per heavy atom. The van der Waals surface area contributed by atoms with Gasteiger partial charge >= 0.3 is 11.9 Å². The van der Waals surface area contributed by atoms with Crippen LogP contribution in [0.15, 0.2) is 121 Å². The number of nitrogens with one attached hydrogen (secondary N) is 2. The molecule has 2 amide bonds. The summed E-state index contributed by atoms with van der Waals surface area (Å²) in [5, 5.41) is 6.79. The first kappa shape index (κ1) is 37.8. The van der Waals surface area contributed by atoms with Crippen LogP contribution >= 0.6 is 23.2 Å². The van der Waals surface area contributed by atoms with Gasteiger partial charge in [0.05, 0.1) is 11.1 Å². The number of carbonyl (C=O) groups is 4.